The zero-order chi connectivity index (χ0) is 19.1. The van der Waals surface area contributed by atoms with Gasteiger partial charge >= 0.3 is 12.4 Å². The molecule has 0 aliphatic rings. The summed E-state index contributed by atoms with van der Waals surface area (Å²) >= 11 is 0. The highest BCUT2D eigenvalue weighted by Gasteiger charge is 2.43. The molecular formula is C15H21F6NPSi. The predicted molar refractivity (Wildman–Crippen MR) is 87.9 cm³/mol. The lowest BCUT2D eigenvalue weighted by molar-refractivity contribution is -0.141. The number of hydrogen-bond donors (Lipinski definition) is 0. The summed E-state index contributed by atoms with van der Waals surface area (Å²) in [5.41, 5.74) is -3.02. The van der Waals surface area contributed by atoms with Crippen LogP contribution < -0.4 is 5.30 Å². The lowest BCUT2D eigenvalue weighted by Gasteiger charge is -2.44. The van der Waals surface area contributed by atoms with Crippen molar-refractivity contribution < 1.29 is 26.3 Å². The quantitative estimate of drug-likeness (QED) is 0.341. The number of halogens is 6. The topological polar surface area (TPSA) is 3.24 Å². The molecule has 0 unspecified atom stereocenters. The second-order valence-electron chi connectivity index (χ2n) is 7.45. The predicted octanol–water partition coefficient (Wildman–Crippen LogP) is 6.15. The van der Waals surface area contributed by atoms with Crippen molar-refractivity contribution in [2.75, 3.05) is 0 Å². The number of hydrogen-bond acceptors (Lipinski definition) is 1. The average Bonchev–Trinajstić information content (AvgIpc) is 2.30. The Morgan fingerprint density at radius 2 is 1.21 bits per heavy atom. The van der Waals surface area contributed by atoms with Crippen molar-refractivity contribution in [3.63, 3.8) is 0 Å². The second kappa shape index (κ2) is 6.61. The van der Waals surface area contributed by atoms with Crippen LogP contribution in [0.4, 0.5) is 26.3 Å². The van der Waals surface area contributed by atoms with Crippen molar-refractivity contribution in [3.05, 3.63) is 29.3 Å². The molecule has 1 radical (unpaired) electrons. The maximum Gasteiger partial charge on any atom is 0.417 e. The van der Waals surface area contributed by atoms with E-state index in [2.05, 4.69) is 0 Å². The molecule has 0 fully saturated rings. The molecule has 1 aromatic carbocycles. The highest BCUT2D eigenvalue weighted by molar-refractivity contribution is 7.47. The summed E-state index contributed by atoms with van der Waals surface area (Å²) in [6.45, 7) is 11.1. The molecule has 0 aliphatic carbocycles. The van der Waals surface area contributed by atoms with E-state index in [0.29, 0.717) is 12.1 Å². The molecule has 0 N–H and O–H groups in total. The minimum Gasteiger partial charge on any atom is -0.290 e. The lowest BCUT2D eigenvalue weighted by atomic mass is 10.1. The van der Waals surface area contributed by atoms with Gasteiger partial charge in [-0.3, -0.25) is 4.34 Å². The molecule has 0 aromatic heterocycles. The van der Waals surface area contributed by atoms with Crippen molar-refractivity contribution >= 4 is 22.3 Å². The number of alkyl halides is 6. The molecule has 0 heterocycles. The smallest absolute Gasteiger partial charge is 0.290 e. The monoisotopic (exact) mass is 388 g/mol. The van der Waals surface area contributed by atoms with Crippen LogP contribution in [0.1, 0.15) is 31.9 Å². The van der Waals surface area contributed by atoms with Crippen molar-refractivity contribution in [3.8, 4) is 0 Å². The van der Waals surface area contributed by atoms with Gasteiger partial charge in [0.25, 0.3) is 0 Å². The van der Waals surface area contributed by atoms with Crippen LogP contribution in [0.2, 0.25) is 19.6 Å². The standard InChI is InChI=1S/C15H21F6NPSi/c1-13(2,3)22(24(4,5)6)23-12-10(14(16,17)18)8-7-9-11(12)15(19,20)21/h7-9H,1-6H3. The largest absolute Gasteiger partial charge is 0.417 e. The molecule has 1 aromatic rings. The third kappa shape index (κ3) is 5.20. The van der Waals surface area contributed by atoms with E-state index in [1.165, 1.54) is 0 Å². The van der Waals surface area contributed by atoms with Gasteiger partial charge in [0.05, 0.1) is 11.1 Å². The Morgan fingerprint density at radius 1 is 0.833 bits per heavy atom. The molecular weight excluding hydrogens is 367 g/mol. The first kappa shape index (κ1) is 21.4. The van der Waals surface area contributed by atoms with E-state index in [1.54, 1.807) is 25.1 Å². The Bertz CT molecular complexity index is 537. The van der Waals surface area contributed by atoms with Gasteiger partial charge in [0.15, 0.2) is 0 Å². The van der Waals surface area contributed by atoms with E-state index < -0.39 is 42.6 Å². The zero-order valence-electron chi connectivity index (χ0n) is 14.4. The summed E-state index contributed by atoms with van der Waals surface area (Å²) in [5, 5.41) is -0.727. The van der Waals surface area contributed by atoms with Gasteiger partial charge < -0.3 is 0 Å². The Morgan fingerprint density at radius 3 is 1.46 bits per heavy atom. The molecule has 24 heavy (non-hydrogen) atoms. The van der Waals surface area contributed by atoms with Gasteiger partial charge in [-0.05, 0) is 32.9 Å². The minimum atomic E-state index is -4.84. The highest BCUT2D eigenvalue weighted by atomic mass is 31.1. The molecule has 0 atom stereocenters. The Hall–Kier alpha value is -0.593. The van der Waals surface area contributed by atoms with Crippen molar-refractivity contribution in [1.29, 1.82) is 0 Å². The van der Waals surface area contributed by atoms with Gasteiger partial charge in [0.2, 0.25) is 0 Å². The van der Waals surface area contributed by atoms with Crippen molar-refractivity contribution in [2.45, 2.75) is 58.3 Å². The van der Waals surface area contributed by atoms with E-state index >= 15 is 0 Å². The fourth-order valence-electron chi connectivity index (χ4n) is 2.51. The van der Waals surface area contributed by atoms with E-state index in [0.717, 1.165) is 6.07 Å². The maximum atomic E-state index is 13.3. The number of nitrogens with zero attached hydrogens (tertiary/aromatic N) is 1. The molecule has 0 amide bonds. The number of rotatable bonds is 3. The molecule has 137 valence electrons. The number of benzene rings is 1. The van der Waals surface area contributed by atoms with Crippen molar-refractivity contribution in [2.24, 2.45) is 0 Å². The normalized spacial score (nSPS) is 14.9. The van der Waals surface area contributed by atoms with Gasteiger partial charge in [0, 0.05) is 19.6 Å². The van der Waals surface area contributed by atoms with E-state index in [4.69, 9.17) is 0 Å². The molecule has 0 aliphatic heterocycles. The first-order valence-electron chi connectivity index (χ1n) is 7.25. The molecule has 0 spiro atoms. The molecule has 1 rings (SSSR count). The summed E-state index contributed by atoms with van der Waals surface area (Å²) in [6.07, 6.45) is -9.68. The van der Waals surface area contributed by atoms with Gasteiger partial charge in [-0.1, -0.05) is 25.7 Å². The first-order chi connectivity index (χ1) is 10.5. The van der Waals surface area contributed by atoms with Gasteiger partial charge in [-0.15, -0.1) is 0 Å². The van der Waals surface area contributed by atoms with Crippen LogP contribution in [0.3, 0.4) is 0 Å². The Labute approximate surface area is 141 Å². The van der Waals surface area contributed by atoms with Crippen LogP contribution in [0.25, 0.3) is 0 Å². The van der Waals surface area contributed by atoms with E-state index in [1.807, 2.05) is 19.6 Å². The molecule has 0 saturated heterocycles. The lowest BCUT2D eigenvalue weighted by Crippen LogP contribution is -2.52. The van der Waals surface area contributed by atoms with Crippen LogP contribution in [0, 0.1) is 0 Å². The Kier molecular flexibility index (Phi) is 5.91. The molecule has 1 nitrogen and oxygen atoms in total. The van der Waals surface area contributed by atoms with Gasteiger partial charge in [0.1, 0.15) is 8.24 Å². The summed E-state index contributed by atoms with van der Waals surface area (Å²) in [5.74, 6) is 0. The van der Waals surface area contributed by atoms with Crippen molar-refractivity contribution in [1.82, 2.24) is 4.34 Å². The highest BCUT2D eigenvalue weighted by Crippen LogP contribution is 2.42. The third-order valence-corrected chi connectivity index (χ3v) is 8.64. The minimum absolute atomic E-state index is 0.0686. The first-order valence-corrected chi connectivity index (χ1v) is 11.5. The van der Waals surface area contributed by atoms with Gasteiger partial charge in [-0.25, -0.2) is 0 Å². The van der Waals surface area contributed by atoms with E-state index in [9.17, 15) is 26.3 Å². The van der Waals surface area contributed by atoms with Crippen LogP contribution in [0.5, 0.6) is 0 Å². The third-order valence-electron chi connectivity index (χ3n) is 3.12. The fraction of sp³-hybridized carbons (Fsp3) is 0.600. The summed E-state index contributed by atoms with van der Waals surface area (Å²) in [4.78, 5) is 0. The zero-order valence-corrected chi connectivity index (χ0v) is 16.3. The summed E-state index contributed by atoms with van der Waals surface area (Å²) in [7, 11) is -2.25. The fourth-order valence-corrected chi connectivity index (χ4v) is 7.15. The molecule has 9 heteroatoms. The van der Waals surface area contributed by atoms with Crippen LogP contribution in [-0.4, -0.2) is 18.1 Å². The van der Waals surface area contributed by atoms with Crippen LogP contribution in [-0.2, 0) is 12.4 Å². The maximum absolute atomic E-state index is 13.3. The van der Waals surface area contributed by atoms with Gasteiger partial charge in [-0.2, -0.15) is 26.3 Å². The summed E-state index contributed by atoms with van der Waals surface area (Å²) < 4.78 is 81.4. The van der Waals surface area contributed by atoms with E-state index in [-0.39, 0.29) is 8.73 Å². The summed E-state index contributed by atoms with van der Waals surface area (Å²) in [6, 6.07) is 2.23. The molecule has 0 saturated carbocycles. The molecule has 0 bridgehead atoms. The average molecular weight is 388 g/mol. The van der Waals surface area contributed by atoms with Crippen LogP contribution >= 0.6 is 8.73 Å². The van der Waals surface area contributed by atoms with Crippen LogP contribution in [0.15, 0.2) is 18.2 Å². The SMILES string of the molecule is CC(C)(C)N([P]c1c(C(F)(F)F)cccc1C(F)(F)F)[Si](C)(C)C. The Balaban J connectivity index is 3.61. The second-order valence-corrected chi connectivity index (χ2v) is 13.7.